The Labute approximate surface area is 59.1 Å². The number of methoxy groups -OCH3 is 1. The van der Waals surface area contributed by atoms with Gasteiger partial charge in [-0.2, -0.15) is 0 Å². The first-order valence-corrected chi connectivity index (χ1v) is 2.92. The summed E-state index contributed by atoms with van der Waals surface area (Å²) in [4.78, 5) is 7.71. The third kappa shape index (κ3) is 1.41. The highest BCUT2D eigenvalue weighted by atomic mass is 16.5. The molecule has 2 N–H and O–H groups in total. The average molecular weight is 139 g/mol. The lowest BCUT2D eigenvalue weighted by Crippen LogP contribution is -1.99. The normalized spacial score (nSPS) is 9.40. The van der Waals surface area contributed by atoms with Gasteiger partial charge in [0.1, 0.15) is 0 Å². The summed E-state index contributed by atoms with van der Waals surface area (Å²) >= 11 is 0. The van der Waals surface area contributed by atoms with Crippen LogP contribution in [0.5, 0.6) is 6.01 Å². The van der Waals surface area contributed by atoms with Crippen molar-refractivity contribution in [2.24, 2.45) is 5.73 Å². The molecule has 1 aromatic heterocycles. The van der Waals surface area contributed by atoms with E-state index in [4.69, 9.17) is 10.5 Å². The van der Waals surface area contributed by atoms with Crippen LogP contribution >= 0.6 is 0 Å². The second-order valence-corrected chi connectivity index (χ2v) is 1.78. The molecule has 4 nitrogen and oxygen atoms in total. The van der Waals surface area contributed by atoms with Crippen molar-refractivity contribution in [2.45, 2.75) is 6.54 Å². The molecular formula is C6H9N3O. The van der Waals surface area contributed by atoms with Crippen molar-refractivity contribution in [2.75, 3.05) is 7.11 Å². The first kappa shape index (κ1) is 6.95. The van der Waals surface area contributed by atoms with Gasteiger partial charge < -0.3 is 10.5 Å². The highest BCUT2D eigenvalue weighted by Crippen LogP contribution is 1.99. The van der Waals surface area contributed by atoms with Crippen LogP contribution in [0.1, 0.15) is 5.56 Å². The minimum atomic E-state index is 0.372. The Balaban J connectivity index is 2.80. The van der Waals surface area contributed by atoms with E-state index in [1.807, 2.05) is 0 Å². The van der Waals surface area contributed by atoms with Crippen LogP contribution in [0.15, 0.2) is 12.4 Å². The van der Waals surface area contributed by atoms with E-state index in [1.165, 1.54) is 7.11 Å². The third-order valence-corrected chi connectivity index (χ3v) is 1.10. The van der Waals surface area contributed by atoms with Gasteiger partial charge in [0.15, 0.2) is 0 Å². The zero-order chi connectivity index (χ0) is 7.40. The van der Waals surface area contributed by atoms with Crippen molar-refractivity contribution < 1.29 is 4.74 Å². The van der Waals surface area contributed by atoms with Crippen molar-refractivity contribution >= 4 is 0 Å². The smallest absolute Gasteiger partial charge is 0.316 e. The predicted molar refractivity (Wildman–Crippen MR) is 36.5 cm³/mol. The molecule has 0 aliphatic rings. The molecule has 4 heteroatoms. The fourth-order valence-electron chi connectivity index (χ4n) is 0.554. The van der Waals surface area contributed by atoms with Crippen LogP contribution in [0.25, 0.3) is 0 Å². The molecule has 0 unspecified atom stereocenters. The molecule has 0 spiro atoms. The zero-order valence-corrected chi connectivity index (χ0v) is 5.74. The number of hydrogen-bond acceptors (Lipinski definition) is 4. The number of nitrogens with zero attached hydrogens (tertiary/aromatic N) is 2. The highest BCUT2D eigenvalue weighted by Gasteiger charge is 1.92. The maximum absolute atomic E-state index is 5.32. The molecule has 0 aromatic carbocycles. The SMILES string of the molecule is COc1ncc(CN)cn1. The number of ether oxygens (including phenoxy) is 1. The molecule has 0 aliphatic carbocycles. The lowest BCUT2D eigenvalue weighted by atomic mass is 10.4. The van der Waals surface area contributed by atoms with Gasteiger partial charge in [0.2, 0.25) is 0 Å². The maximum atomic E-state index is 5.32. The Morgan fingerprint density at radius 3 is 2.50 bits per heavy atom. The molecule has 0 saturated carbocycles. The van der Waals surface area contributed by atoms with E-state index in [-0.39, 0.29) is 0 Å². The van der Waals surface area contributed by atoms with Crippen LogP contribution in [-0.2, 0) is 6.54 Å². The Morgan fingerprint density at radius 1 is 1.50 bits per heavy atom. The minimum absolute atomic E-state index is 0.372. The third-order valence-electron chi connectivity index (χ3n) is 1.10. The van der Waals surface area contributed by atoms with Gasteiger partial charge in [-0.3, -0.25) is 0 Å². The van der Waals surface area contributed by atoms with Crippen LogP contribution < -0.4 is 10.5 Å². The molecule has 0 saturated heterocycles. The molecule has 0 bridgehead atoms. The summed E-state index contributed by atoms with van der Waals surface area (Å²) in [6.07, 6.45) is 3.29. The summed E-state index contributed by atoms with van der Waals surface area (Å²) in [6, 6.07) is 0.372. The lowest BCUT2D eigenvalue weighted by molar-refractivity contribution is 0.379. The van der Waals surface area contributed by atoms with Crippen LogP contribution in [0.3, 0.4) is 0 Å². The summed E-state index contributed by atoms with van der Waals surface area (Å²) in [5.74, 6) is 0. The summed E-state index contributed by atoms with van der Waals surface area (Å²) in [6.45, 7) is 0.462. The summed E-state index contributed by atoms with van der Waals surface area (Å²) in [7, 11) is 1.53. The monoisotopic (exact) mass is 139 g/mol. The quantitative estimate of drug-likeness (QED) is 0.623. The lowest BCUT2D eigenvalue weighted by Gasteiger charge is -1.96. The molecular weight excluding hydrogens is 130 g/mol. The van der Waals surface area contributed by atoms with Crippen molar-refractivity contribution in [1.29, 1.82) is 0 Å². The number of hydrogen-bond donors (Lipinski definition) is 1. The van der Waals surface area contributed by atoms with E-state index in [9.17, 15) is 0 Å². The van der Waals surface area contributed by atoms with E-state index >= 15 is 0 Å². The van der Waals surface area contributed by atoms with Crippen LogP contribution in [0, 0.1) is 0 Å². The van der Waals surface area contributed by atoms with E-state index in [0.29, 0.717) is 12.6 Å². The highest BCUT2D eigenvalue weighted by molar-refractivity contribution is 5.06. The summed E-state index contributed by atoms with van der Waals surface area (Å²) in [5.41, 5.74) is 6.22. The van der Waals surface area contributed by atoms with Crippen molar-refractivity contribution in [1.82, 2.24) is 9.97 Å². The second-order valence-electron chi connectivity index (χ2n) is 1.78. The van der Waals surface area contributed by atoms with Gasteiger partial charge in [-0.1, -0.05) is 0 Å². The Kier molecular flexibility index (Phi) is 2.17. The molecule has 10 heavy (non-hydrogen) atoms. The number of nitrogens with two attached hydrogens (primary N) is 1. The standard InChI is InChI=1S/C6H9N3O/c1-10-6-8-3-5(2-7)4-9-6/h3-4H,2,7H2,1H3. The average Bonchev–Trinajstić information content (AvgIpc) is 2.05. The van der Waals surface area contributed by atoms with Crippen molar-refractivity contribution in [3.05, 3.63) is 18.0 Å². The number of rotatable bonds is 2. The van der Waals surface area contributed by atoms with Crippen LogP contribution in [-0.4, -0.2) is 17.1 Å². The van der Waals surface area contributed by atoms with Crippen molar-refractivity contribution in [3.8, 4) is 6.01 Å². The predicted octanol–water partition coefficient (Wildman–Crippen LogP) is -0.0561. The van der Waals surface area contributed by atoms with Gasteiger partial charge >= 0.3 is 6.01 Å². The number of aromatic nitrogens is 2. The first-order chi connectivity index (χ1) is 4.86. The van der Waals surface area contributed by atoms with Crippen molar-refractivity contribution in [3.63, 3.8) is 0 Å². The Morgan fingerprint density at radius 2 is 2.10 bits per heavy atom. The fraction of sp³-hybridized carbons (Fsp3) is 0.333. The maximum Gasteiger partial charge on any atom is 0.316 e. The molecule has 1 aromatic rings. The van der Waals surface area contributed by atoms with Gasteiger partial charge in [0.25, 0.3) is 0 Å². The molecule has 54 valence electrons. The first-order valence-electron chi connectivity index (χ1n) is 2.92. The molecule has 0 aliphatic heterocycles. The van der Waals surface area contributed by atoms with E-state index in [0.717, 1.165) is 5.56 Å². The summed E-state index contributed by atoms with van der Waals surface area (Å²) in [5, 5.41) is 0. The molecule has 0 radical (unpaired) electrons. The Hall–Kier alpha value is -1.16. The van der Waals surface area contributed by atoms with Gasteiger partial charge in [-0.25, -0.2) is 9.97 Å². The van der Waals surface area contributed by atoms with Crippen LogP contribution in [0.2, 0.25) is 0 Å². The van der Waals surface area contributed by atoms with Gasteiger partial charge in [0, 0.05) is 24.5 Å². The molecule has 0 amide bonds. The fourth-order valence-corrected chi connectivity index (χ4v) is 0.554. The minimum Gasteiger partial charge on any atom is -0.467 e. The summed E-state index contributed by atoms with van der Waals surface area (Å²) < 4.78 is 4.75. The topological polar surface area (TPSA) is 61.0 Å². The molecule has 1 heterocycles. The zero-order valence-electron chi connectivity index (χ0n) is 5.74. The van der Waals surface area contributed by atoms with Gasteiger partial charge in [-0.05, 0) is 0 Å². The molecule has 1 rings (SSSR count). The molecule has 0 fully saturated rings. The van der Waals surface area contributed by atoms with Crippen LogP contribution in [0.4, 0.5) is 0 Å². The van der Waals surface area contributed by atoms with E-state index in [1.54, 1.807) is 12.4 Å². The van der Waals surface area contributed by atoms with Gasteiger partial charge in [0.05, 0.1) is 7.11 Å². The van der Waals surface area contributed by atoms with E-state index in [2.05, 4.69) is 9.97 Å². The largest absolute Gasteiger partial charge is 0.467 e. The Bertz CT molecular complexity index is 174. The second kappa shape index (κ2) is 3.12. The van der Waals surface area contributed by atoms with E-state index < -0.39 is 0 Å². The van der Waals surface area contributed by atoms with Gasteiger partial charge in [-0.15, -0.1) is 0 Å². The molecule has 0 atom stereocenters.